The zero-order valence-corrected chi connectivity index (χ0v) is 16.8. The number of benzene rings is 2. The number of ether oxygens (including phenoxy) is 2. The fourth-order valence-corrected chi connectivity index (χ4v) is 3.83. The fraction of sp³-hybridized carbons (Fsp3) is 0.364. The number of carbonyl (C=O) groups is 2. The Kier molecular flexibility index (Phi) is 5.90. The third-order valence-corrected chi connectivity index (χ3v) is 5.37. The van der Waals surface area contributed by atoms with Gasteiger partial charge in [-0.1, -0.05) is 23.7 Å². The van der Waals surface area contributed by atoms with E-state index >= 15 is 0 Å². The van der Waals surface area contributed by atoms with Gasteiger partial charge in [-0.05, 0) is 42.7 Å². The Morgan fingerprint density at radius 1 is 1.00 bits per heavy atom. The number of fused-ring (bicyclic) bond motifs is 1. The SMILES string of the molecule is O=C(NCc1cccc(C(=O)N2CCCC2)c1)c1cc(Cl)c2c(c1)OCCCO2. The molecule has 0 bridgehead atoms. The molecule has 0 aromatic heterocycles. The number of halogens is 1. The summed E-state index contributed by atoms with van der Waals surface area (Å²) in [6, 6.07) is 10.6. The van der Waals surface area contributed by atoms with E-state index in [0.717, 1.165) is 37.9 Å². The van der Waals surface area contributed by atoms with Gasteiger partial charge in [0.1, 0.15) is 0 Å². The zero-order chi connectivity index (χ0) is 20.2. The van der Waals surface area contributed by atoms with Gasteiger partial charge < -0.3 is 19.7 Å². The molecule has 0 unspecified atom stereocenters. The smallest absolute Gasteiger partial charge is 0.253 e. The molecule has 0 aliphatic carbocycles. The molecule has 0 atom stereocenters. The molecule has 0 radical (unpaired) electrons. The van der Waals surface area contributed by atoms with Crippen molar-refractivity contribution in [3.63, 3.8) is 0 Å². The largest absolute Gasteiger partial charge is 0.489 e. The van der Waals surface area contributed by atoms with Crippen molar-refractivity contribution in [1.29, 1.82) is 0 Å². The number of nitrogens with one attached hydrogen (secondary N) is 1. The second-order valence-corrected chi connectivity index (χ2v) is 7.63. The number of nitrogens with zero attached hydrogens (tertiary/aromatic N) is 1. The van der Waals surface area contributed by atoms with E-state index in [0.29, 0.717) is 47.4 Å². The Balaban J connectivity index is 1.43. The second-order valence-electron chi connectivity index (χ2n) is 7.22. The summed E-state index contributed by atoms with van der Waals surface area (Å²) in [5, 5.41) is 3.24. The van der Waals surface area contributed by atoms with Gasteiger partial charge in [-0.25, -0.2) is 0 Å². The third-order valence-electron chi connectivity index (χ3n) is 5.08. The lowest BCUT2D eigenvalue weighted by atomic mass is 10.1. The van der Waals surface area contributed by atoms with Crippen molar-refractivity contribution < 1.29 is 19.1 Å². The minimum Gasteiger partial charge on any atom is -0.489 e. The first-order valence-electron chi connectivity index (χ1n) is 9.87. The molecule has 2 amide bonds. The van der Waals surface area contributed by atoms with Gasteiger partial charge in [0.15, 0.2) is 11.5 Å². The van der Waals surface area contributed by atoms with E-state index in [-0.39, 0.29) is 11.8 Å². The van der Waals surface area contributed by atoms with E-state index in [9.17, 15) is 9.59 Å². The topological polar surface area (TPSA) is 67.9 Å². The van der Waals surface area contributed by atoms with E-state index < -0.39 is 0 Å². The van der Waals surface area contributed by atoms with Gasteiger partial charge in [0.25, 0.3) is 11.8 Å². The van der Waals surface area contributed by atoms with Gasteiger partial charge in [0.2, 0.25) is 0 Å². The first-order valence-corrected chi connectivity index (χ1v) is 10.3. The van der Waals surface area contributed by atoms with Crippen LogP contribution in [-0.2, 0) is 6.54 Å². The normalized spacial score (nSPS) is 15.7. The van der Waals surface area contributed by atoms with Crippen molar-refractivity contribution in [2.45, 2.75) is 25.8 Å². The first kappa shape index (κ1) is 19.6. The van der Waals surface area contributed by atoms with Crippen molar-refractivity contribution >= 4 is 23.4 Å². The van der Waals surface area contributed by atoms with Crippen LogP contribution in [0.15, 0.2) is 36.4 Å². The van der Waals surface area contributed by atoms with Crippen LogP contribution in [0.25, 0.3) is 0 Å². The van der Waals surface area contributed by atoms with Gasteiger partial charge in [0.05, 0.1) is 18.2 Å². The maximum Gasteiger partial charge on any atom is 0.253 e. The molecular formula is C22H23ClN2O4. The first-order chi connectivity index (χ1) is 14.1. The average Bonchev–Trinajstić information content (AvgIpc) is 3.17. The molecule has 6 nitrogen and oxygen atoms in total. The molecule has 0 spiro atoms. The Labute approximate surface area is 174 Å². The van der Waals surface area contributed by atoms with Crippen molar-refractivity contribution in [1.82, 2.24) is 10.2 Å². The molecular weight excluding hydrogens is 392 g/mol. The fourth-order valence-electron chi connectivity index (χ4n) is 3.56. The molecule has 29 heavy (non-hydrogen) atoms. The summed E-state index contributed by atoms with van der Waals surface area (Å²) in [7, 11) is 0. The number of rotatable bonds is 4. The van der Waals surface area contributed by atoms with E-state index in [2.05, 4.69) is 5.32 Å². The molecule has 0 saturated carbocycles. The van der Waals surface area contributed by atoms with Crippen LogP contribution in [-0.4, -0.2) is 43.0 Å². The van der Waals surface area contributed by atoms with Gasteiger partial charge in [-0.15, -0.1) is 0 Å². The third kappa shape index (κ3) is 4.48. The minimum absolute atomic E-state index is 0.0466. The van der Waals surface area contributed by atoms with Crippen molar-refractivity contribution in [3.8, 4) is 11.5 Å². The predicted octanol–water partition coefficient (Wildman–Crippen LogP) is 3.67. The molecule has 7 heteroatoms. The summed E-state index contributed by atoms with van der Waals surface area (Å²) in [6.45, 7) is 2.98. The Hall–Kier alpha value is -2.73. The molecule has 2 aromatic rings. The average molecular weight is 415 g/mol. The van der Waals surface area contributed by atoms with Crippen LogP contribution in [0, 0.1) is 0 Å². The number of amides is 2. The summed E-state index contributed by atoms with van der Waals surface area (Å²) in [4.78, 5) is 27.1. The summed E-state index contributed by atoms with van der Waals surface area (Å²) < 4.78 is 11.2. The molecule has 2 heterocycles. The zero-order valence-electron chi connectivity index (χ0n) is 16.1. The van der Waals surface area contributed by atoms with Gasteiger partial charge in [-0.2, -0.15) is 0 Å². The molecule has 1 saturated heterocycles. The summed E-state index contributed by atoms with van der Waals surface area (Å²) in [5.74, 6) is 0.747. The Bertz CT molecular complexity index is 925. The van der Waals surface area contributed by atoms with Crippen LogP contribution in [0.5, 0.6) is 11.5 Å². The molecule has 152 valence electrons. The van der Waals surface area contributed by atoms with E-state index in [1.165, 1.54) is 0 Å². The Morgan fingerprint density at radius 3 is 2.62 bits per heavy atom. The maximum atomic E-state index is 12.6. The van der Waals surface area contributed by atoms with Gasteiger partial charge in [-0.3, -0.25) is 9.59 Å². The standard InChI is InChI=1S/C22H23ClN2O4/c23-18-12-17(13-19-20(18)29-10-4-9-28-19)21(26)24-14-15-5-3-6-16(11-15)22(27)25-7-1-2-8-25/h3,5-6,11-13H,1-2,4,7-10,14H2,(H,24,26). The molecule has 2 aliphatic heterocycles. The van der Waals surface area contributed by atoms with Gasteiger partial charge in [0, 0.05) is 37.2 Å². The van der Waals surface area contributed by atoms with Crippen LogP contribution in [0.1, 0.15) is 45.5 Å². The lowest BCUT2D eigenvalue weighted by Gasteiger charge is -2.16. The number of hydrogen-bond donors (Lipinski definition) is 1. The minimum atomic E-state index is -0.265. The van der Waals surface area contributed by atoms with Crippen molar-refractivity contribution in [3.05, 3.63) is 58.1 Å². The van der Waals surface area contributed by atoms with E-state index in [1.807, 2.05) is 29.2 Å². The number of carbonyl (C=O) groups excluding carboxylic acids is 2. The highest BCUT2D eigenvalue weighted by molar-refractivity contribution is 6.32. The predicted molar refractivity (Wildman–Crippen MR) is 110 cm³/mol. The highest BCUT2D eigenvalue weighted by Crippen LogP contribution is 2.38. The Morgan fingerprint density at radius 2 is 1.79 bits per heavy atom. The summed E-state index contributed by atoms with van der Waals surface area (Å²) in [5.41, 5.74) is 1.92. The maximum absolute atomic E-state index is 12.6. The lowest BCUT2D eigenvalue weighted by Crippen LogP contribution is -2.28. The molecule has 1 N–H and O–H groups in total. The number of likely N-dealkylation sites (tertiary alicyclic amines) is 1. The molecule has 2 aliphatic rings. The summed E-state index contributed by atoms with van der Waals surface area (Å²) >= 11 is 6.27. The highest BCUT2D eigenvalue weighted by atomic mass is 35.5. The van der Waals surface area contributed by atoms with E-state index in [4.69, 9.17) is 21.1 Å². The van der Waals surface area contributed by atoms with Crippen LogP contribution >= 0.6 is 11.6 Å². The quantitative estimate of drug-likeness (QED) is 0.828. The monoisotopic (exact) mass is 414 g/mol. The van der Waals surface area contributed by atoms with Crippen LogP contribution in [0.4, 0.5) is 0 Å². The van der Waals surface area contributed by atoms with Crippen molar-refractivity contribution in [2.24, 2.45) is 0 Å². The summed E-state index contributed by atoms with van der Waals surface area (Å²) in [6.07, 6.45) is 2.87. The van der Waals surface area contributed by atoms with Crippen LogP contribution in [0.3, 0.4) is 0 Å². The van der Waals surface area contributed by atoms with Crippen LogP contribution < -0.4 is 14.8 Å². The van der Waals surface area contributed by atoms with Crippen LogP contribution in [0.2, 0.25) is 5.02 Å². The molecule has 2 aromatic carbocycles. The van der Waals surface area contributed by atoms with E-state index in [1.54, 1.807) is 12.1 Å². The highest BCUT2D eigenvalue weighted by Gasteiger charge is 2.20. The lowest BCUT2D eigenvalue weighted by molar-refractivity contribution is 0.0792. The van der Waals surface area contributed by atoms with Gasteiger partial charge >= 0.3 is 0 Å². The second kappa shape index (κ2) is 8.74. The molecule has 4 rings (SSSR count). The molecule has 1 fully saturated rings. The number of hydrogen-bond acceptors (Lipinski definition) is 4. The van der Waals surface area contributed by atoms with Crippen molar-refractivity contribution in [2.75, 3.05) is 26.3 Å².